The van der Waals surface area contributed by atoms with Crippen LogP contribution in [-0.2, 0) is 15.7 Å². The van der Waals surface area contributed by atoms with E-state index in [4.69, 9.17) is 9.90 Å². The predicted octanol–water partition coefficient (Wildman–Crippen LogP) is 2.31. The van der Waals surface area contributed by atoms with Crippen LogP contribution in [0.1, 0.15) is 30.9 Å². The summed E-state index contributed by atoms with van der Waals surface area (Å²) in [6.45, 7) is 2.43. The molecule has 6 nitrogen and oxygen atoms in total. The maximum absolute atomic E-state index is 12.7. The lowest BCUT2D eigenvalue weighted by Crippen LogP contribution is -2.24. The molecule has 0 saturated heterocycles. The third kappa shape index (κ3) is 6.93. The van der Waals surface area contributed by atoms with Crippen molar-refractivity contribution in [2.75, 3.05) is 0 Å². The minimum atomic E-state index is -4.51. The van der Waals surface area contributed by atoms with Crippen molar-refractivity contribution in [2.24, 2.45) is 5.73 Å². The molecule has 0 heterocycles. The second kappa shape index (κ2) is 8.23. The number of alkyl halides is 3. The fraction of sp³-hybridized carbons (Fsp3) is 0.385. The van der Waals surface area contributed by atoms with Gasteiger partial charge in [-0.05, 0) is 11.6 Å². The molecule has 0 aliphatic heterocycles. The van der Waals surface area contributed by atoms with E-state index in [-0.39, 0.29) is 5.56 Å². The van der Waals surface area contributed by atoms with Crippen molar-refractivity contribution in [1.82, 2.24) is 0 Å². The molecule has 2 atom stereocenters. The molecule has 124 valence electrons. The number of hydrogen-bond donors (Lipinski definition) is 3. The van der Waals surface area contributed by atoms with Crippen LogP contribution in [0.2, 0.25) is 0 Å². The highest BCUT2D eigenvalue weighted by molar-refractivity contribution is 5.66. The van der Waals surface area contributed by atoms with Gasteiger partial charge in [-0.1, -0.05) is 25.1 Å². The van der Waals surface area contributed by atoms with Crippen molar-refractivity contribution in [3.8, 4) is 0 Å². The second-order valence-electron chi connectivity index (χ2n) is 4.21. The number of aliphatic hydroxyl groups is 1. The maximum Gasteiger partial charge on any atom is 0.416 e. The maximum atomic E-state index is 12.7. The van der Waals surface area contributed by atoms with Crippen molar-refractivity contribution in [1.29, 1.82) is 0 Å². The van der Waals surface area contributed by atoms with Gasteiger partial charge in [-0.3, -0.25) is 4.79 Å². The SMILES string of the molecule is CC(=O)OC(O)C(C)c1ccccc1C(F)(F)F.NC(=O)O. The van der Waals surface area contributed by atoms with Gasteiger partial charge in [0.25, 0.3) is 0 Å². The molecule has 0 aromatic heterocycles. The van der Waals surface area contributed by atoms with Crippen molar-refractivity contribution in [2.45, 2.75) is 32.2 Å². The number of halogens is 3. The molecule has 1 amide bonds. The quantitative estimate of drug-likeness (QED) is 0.584. The lowest BCUT2D eigenvalue weighted by molar-refractivity contribution is -0.168. The Bertz CT molecular complexity index is 515. The number of nitrogens with two attached hydrogens (primary N) is 1. The summed E-state index contributed by atoms with van der Waals surface area (Å²) in [4.78, 5) is 19.4. The van der Waals surface area contributed by atoms with Crippen LogP contribution in [0.25, 0.3) is 0 Å². The first-order valence-corrected chi connectivity index (χ1v) is 5.96. The minimum Gasteiger partial charge on any atom is -0.465 e. The van der Waals surface area contributed by atoms with Crippen LogP contribution in [0.15, 0.2) is 24.3 Å². The van der Waals surface area contributed by atoms with Gasteiger partial charge in [0.2, 0.25) is 6.29 Å². The van der Waals surface area contributed by atoms with E-state index in [2.05, 4.69) is 10.5 Å². The molecule has 4 N–H and O–H groups in total. The van der Waals surface area contributed by atoms with E-state index < -0.39 is 36.0 Å². The Morgan fingerprint density at radius 2 is 1.73 bits per heavy atom. The van der Waals surface area contributed by atoms with E-state index >= 15 is 0 Å². The van der Waals surface area contributed by atoms with E-state index in [1.54, 1.807) is 0 Å². The number of primary amides is 1. The highest BCUT2D eigenvalue weighted by Gasteiger charge is 2.35. The summed E-state index contributed by atoms with van der Waals surface area (Å²) in [6, 6.07) is 4.87. The Morgan fingerprint density at radius 3 is 2.14 bits per heavy atom. The number of carbonyl (C=O) groups excluding carboxylic acids is 1. The number of ether oxygens (including phenoxy) is 1. The highest BCUT2D eigenvalue weighted by Crippen LogP contribution is 2.36. The summed E-state index contributed by atoms with van der Waals surface area (Å²) >= 11 is 0. The summed E-state index contributed by atoms with van der Waals surface area (Å²) in [5, 5.41) is 16.7. The van der Waals surface area contributed by atoms with Gasteiger partial charge in [-0.25, -0.2) is 4.79 Å². The van der Waals surface area contributed by atoms with Crippen molar-refractivity contribution in [3.05, 3.63) is 35.4 Å². The molecule has 0 spiro atoms. The molecule has 0 aliphatic carbocycles. The number of esters is 1. The molecular weight excluding hydrogens is 307 g/mol. The lowest BCUT2D eigenvalue weighted by atomic mass is 9.95. The Balaban J connectivity index is 0.000000980. The van der Waals surface area contributed by atoms with Crippen LogP contribution in [-0.4, -0.2) is 28.6 Å². The standard InChI is InChI=1S/C12H13F3O3.CH3NO2/c1-7(11(17)18-8(2)16)9-5-3-4-6-10(9)12(13,14)15;2-1(3)4/h3-7,11,17H,1-2H3;2H2,(H,3,4). The molecule has 22 heavy (non-hydrogen) atoms. The van der Waals surface area contributed by atoms with Crippen LogP contribution < -0.4 is 5.73 Å². The van der Waals surface area contributed by atoms with Gasteiger partial charge in [-0.15, -0.1) is 0 Å². The van der Waals surface area contributed by atoms with Crippen molar-refractivity contribution >= 4 is 12.1 Å². The number of aliphatic hydroxyl groups excluding tert-OH is 1. The van der Waals surface area contributed by atoms with E-state index in [1.807, 2.05) is 0 Å². The number of amides is 1. The van der Waals surface area contributed by atoms with Crippen LogP contribution in [0.3, 0.4) is 0 Å². The summed E-state index contributed by atoms with van der Waals surface area (Å²) < 4.78 is 42.7. The Kier molecular flexibility index (Phi) is 7.37. The number of carbonyl (C=O) groups is 2. The Labute approximate surface area is 124 Å². The van der Waals surface area contributed by atoms with Gasteiger partial charge >= 0.3 is 18.2 Å². The summed E-state index contributed by atoms with van der Waals surface area (Å²) in [5.41, 5.74) is 3.07. The molecule has 0 radical (unpaired) electrons. The average molecular weight is 323 g/mol. The van der Waals surface area contributed by atoms with Gasteiger partial charge in [0.05, 0.1) is 5.56 Å². The average Bonchev–Trinajstić information content (AvgIpc) is 2.35. The van der Waals surface area contributed by atoms with E-state index in [9.17, 15) is 23.1 Å². The summed E-state index contributed by atoms with van der Waals surface area (Å²) in [6.07, 6.45) is -7.45. The number of benzene rings is 1. The topological polar surface area (TPSA) is 110 Å². The minimum absolute atomic E-state index is 0.112. The number of rotatable bonds is 3. The van der Waals surface area contributed by atoms with Gasteiger partial charge in [-0.2, -0.15) is 13.2 Å². The van der Waals surface area contributed by atoms with Crippen LogP contribution in [0.4, 0.5) is 18.0 Å². The van der Waals surface area contributed by atoms with Gasteiger partial charge in [0, 0.05) is 12.8 Å². The summed E-state index contributed by atoms with van der Waals surface area (Å²) in [7, 11) is 0. The van der Waals surface area contributed by atoms with Crippen LogP contribution in [0, 0.1) is 0 Å². The molecule has 0 saturated carbocycles. The molecule has 2 unspecified atom stereocenters. The molecule has 1 rings (SSSR count). The number of carboxylic acid groups (broad SMARTS) is 1. The fourth-order valence-corrected chi connectivity index (χ4v) is 1.58. The molecule has 1 aromatic rings. The van der Waals surface area contributed by atoms with Gasteiger partial charge in [0.1, 0.15) is 0 Å². The van der Waals surface area contributed by atoms with E-state index in [0.29, 0.717) is 0 Å². The first-order valence-electron chi connectivity index (χ1n) is 5.96. The monoisotopic (exact) mass is 323 g/mol. The fourth-order valence-electron chi connectivity index (χ4n) is 1.58. The smallest absolute Gasteiger partial charge is 0.416 e. The third-order valence-corrected chi connectivity index (χ3v) is 2.47. The normalized spacial score (nSPS) is 13.4. The second-order valence-corrected chi connectivity index (χ2v) is 4.21. The third-order valence-electron chi connectivity index (χ3n) is 2.47. The highest BCUT2D eigenvalue weighted by atomic mass is 19.4. The molecule has 0 fully saturated rings. The van der Waals surface area contributed by atoms with Crippen LogP contribution in [0.5, 0.6) is 0 Å². The predicted molar refractivity (Wildman–Crippen MR) is 69.8 cm³/mol. The van der Waals surface area contributed by atoms with Crippen LogP contribution >= 0.6 is 0 Å². The Hall–Kier alpha value is -2.29. The molecule has 0 bridgehead atoms. The largest absolute Gasteiger partial charge is 0.465 e. The zero-order valence-corrected chi connectivity index (χ0v) is 11.8. The van der Waals surface area contributed by atoms with Gasteiger partial charge < -0.3 is 20.7 Å². The lowest BCUT2D eigenvalue weighted by Gasteiger charge is -2.22. The summed E-state index contributed by atoms with van der Waals surface area (Å²) in [5.74, 6) is -1.72. The van der Waals surface area contributed by atoms with E-state index in [0.717, 1.165) is 13.0 Å². The van der Waals surface area contributed by atoms with E-state index in [1.165, 1.54) is 25.1 Å². The molecular formula is C13H16F3NO5. The first-order chi connectivity index (χ1) is 9.96. The zero-order valence-electron chi connectivity index (χ0n) is 11.8. The van der Waals surface area contributed by atoms with Crippen molar-refractivity contribution in [3.63, 3.8) is 0 Å². The molecule has 1 aromatic carbocycles. The van der Waals surface area contributed by atoms with Crippen molar-refractivity contribution < 1.29 is 37.7 Å². The molecule has 9 heteroatoms. The number of hydrogen-bond acceptors (Lipinski definition) is 4. The van der Waals surface area contributed by atoms with Gasteiger partial charge in [0.15, 0.2) is 0 Å². The molecule has 0 aliphatic rings. The first kappa shape index (κ1) is 19.7. The Morgan fingerprint density at radius 1 is 1.27 bits per heavy atom. The zero-order chi connectivity index (χ0) is 17.5.